The van der Waals surface area contributed by atoms with E-state index >= 15 is 0 Å². The van der Waals surface area contributed by atoms with Crippen molar-refractivity contribution in [3.63, 3.8) is 0 Å². The maximum Gasteiger partial charge on any atom is 0.240 e. The van der Waals surface area contributed by atoms with Crippen LogP contribution in [0.25, 0.3) is 0 Å². The molecule has 1 aromatic carbocycles. The summed E-state index contributed by atoms with van der Waals surface area (Å²) in [5, 5.41) is 9.17. The number of nitrogens with zero attached hydrogens (tertiary/aromatic N) is 1. The smallest absolute Gasteiger partial charge is 0.240 e. The van der Waals surface area contributed by atoms with E-state index in [0.717, 1.165) is 6.54 Å². The Bertz CT molecular complexity index is 460. The van der Waals surface area contributed by atoms with Gasteiger partial charge in [-0.2, -0.15) is 0 Å². The SMILES string of the molecule is CC(O)CCN(C)CCNS(=O)(=O)c1ccccc1. The van der Waals surface area contributed by atoms with E-state index in [0.29, 0.717) is 19.5 Å². The van der Waals surface area contributed by atoms with Crippen LogP contribution in [0.5, 0.6) is 0 Å². The molecule has 6 heteroatoms. The molecule has 0 fully saturated rings. The average molecular weight is 286 g/mol. The van der Waals surface area contributed by atoms with Gasteiger partial charge in [0.2, 0.25) is 10.0 Å². The highest BCUT2D eigenvalue weighted by Gasteiger charge is 2.12. The molecule has 1 rings (SSSR count). The second-order valence-corrected chi connectivity index (χ2v) is 6.42. The summed E-state index contributed by atoms with van der Waals surface area (Å²) in [6, 6.07) is 8.31. The zero-order valence-corrected chi connectivity index (χ0v) is 12.2. The Kier molecular flexibility index (Phi) is 6.44. The lowest BCUT2D eigenvalue weighted by molar-refractivity contribution is 0.165. The van der Waals surface area contributed by atoms with E-state index in [1.165, 1.54) is 0 Å². The first kappa shape index (κ1) is 16.1. The van der Waals surface area contributed by atoms with E-state index in [1.54, 1.807) is 37.3 Å². The standard InChI is InChI=1S/C13H22N2O3S/c1-12(16)8-10-15(2)11-9-14-19(17,18)13-6-4-3-5-7-13/h3-7,12,14,16H,8-11H2,1-2H3. The third-order valence-corrected chi connectivity index (χ3v) is 4.24. The van der Waals surface area contributed by atoms with Crippen LogP contribution in [0.15, 0.2) is 35.2 Å². The van der Waals surface area contributed by atoms with E-state index in [-0.39, 0.29) is 11.0 Å². The van der Waals surface area contributed by atoms with Gasteiger partial charge in [-0.05, 0) is 32.5 Å². The number of benzene rings is 1. The molecule has 5 nitrogen and oxygen atoms in total. The van der Waals surface area contributed by atoms with Gasteiger partial charge in [-0.3, -0.25) is 0 Å². The van der Waals surface area contributed by atoms with Crippen LogP contribution in [-0.2, 0) is 10.0 Å². The lowest BCUT2D eigenvalue weighted by Crippen LogP contribution is -2.34. The van der Waals surface area contributed by atoms with E-state index in [1.807, 2.05) is 11.9 Å². The summed E-state index contributed by atoms with van der Waals surface area (Å²) < 4.78 is 26.4. The normalized spacial score (nSPS) is 13.7. The summed E-state index contributed by atoms with van der Waals surface area (Å²) in [6.45, 7) is 3.45. The fourth-order valence-corrected chi connectivity index (χ4v) is 2.61. The molecule has 0 aliphatic heterocycles. The predicted octanol–water partition coefficient (Wildman–Crippen LogP) is 0.668. The number of likely N-dealkylation sites (N-methyl/N-ethyl adjacent to an activating group) is 1. The first-order valence-corrected chi connectivity index (χ1v) is 7.81. The van der Waals surface area contributed by atoms with Crippen LogP contribution >= 0.6 is 0 Å². The first-order chi connectivity index (χ1) is 8.92. The minimum atomic E-state index is -3.41. The highest BCUT2D eigenvalue weighted by Crippen LogP contribution is 2.06. The quantitative estimate of drug-likeness (QED) is 0.737. The molecule has 1 atom stereocenters. The first-order valence-electron chi connectivity index (χ1n) is 6.33. The second kappa shape index (κ2) is 7.59. The zero-order valence-electron chi connectivity index (χ0n) is 11.4. The van der Waals surface area contributed by atoms with E-state index in [9.17, 15) is 8.42 Å². The molecule has 0 amide bonds. The molecule has 0 heterocycles. The monoisotopic (exact) mass is 286 g/mol. The molecule has 1 aromatic rings. The number of nitrogens with one attached hydrogen (secondary N) is 1. The molecular weight excluding hydrogens is 264 g/mol. The van der Waals surface area contributed by atoms with Crippen LogP contribution in [0.1, 0.15) is 13.3 Å². The number of rotatable bonds is 8. The molecule has 2 N–H and O–H groups in total. The van der Waals surface area contributed by atoms with E-state index in [2.05, 4.69) is 4.72 Å². The van der Waals surface area contributed by atoms with Gasteiger partial charge in [-0.15, -0.1) is 0 Å². The zero-order chi connectivity index (χ0) is 14.3. The Balaban J connectivity index is 2.37. The fraction of sp³-hybridized carbons (Fsp3) is 0.538. The summed E-state index contributed by atoms with van der Waals surface area (Å²) >= 11 is 0. The average Bonchev–Trinajstić information content (AvgIpc) is 2.37. The van der Waals surface area contributed by atoms with Crippen molar-refractivity contribution in [2.45, 2.75) is 24.3 Å². The second-order valence-electron chi connectivity index (χ2n) is 4.65. The number of hydrogen-bond acceptors (Lipinski definition) is 4. The molecule has 0 aliphatic rings. The molecule has 1 unspecified atom stereocenters. The van der Waals surface area contributed by atoms with Gasteiger partial charge in [0.25, 0.3) is 0 Å². The molecule has 0 spiro atoms. The number of hydrogen-bond donors (Lipinski definition) is 2. The third kappa shape index (κ3) is 6.15. The van der Waals surface area contributed by atoms with Gasteiger partial charge in [0.1, 0.15) is 0 Å². The highest BCUT2D eigenvalue weighted by molar-refractivity contribution is 7.89. The maximum absolute atomic E-state index is 11.9. The minimum absolute atomic E-state index is 0.279. The van der Waals surface area contributed by atoms with Gasteiger partial charge < -0.3 is 10.0 Å². The van der Waals surface area contributed by atoms with Gasteiger partial charge >= 0.3 is 0 Å². The van der Waals surface area contributed by atoms with Gasteiger partial charge in [0, 0.05) is 19.6 Å². The van der Waals surface area contributed by atoms with Gasteiger partial charge in [0.05, 0.1) is 11.0 Å². The number of sulfonamides is 1. The molecule has 0 saturated heterocycles. The lowest BCUT2D eigenvalue weighted by atomic mass is 10.3. The van der Waals surface area contributed by atoms with Crippen molar-refractivity contribution in [1.29, 1.82) is 0 Å². The van der Waals surface area contributed by atoms with Crippen molar-refractivity contribution in [2.75, 3.05) is 26.7 Å². The molecule has 19 heavy (non-hydrogen) atoms. The summed E-state index contributed by atoms with van der Waals surface area (Å²) in [4.78, 5) is 2.27. The molecule has 0 radical (unpaired) electrons. The Hall–Kier alpha value is -0.950. The molecule has 108 valence electrons. The van der Waals surface area contributed by atoms with Crippen molar-refractivity contribution >= 4 is 10.0 Å². The Labute approximate surface area is 115 Å². The summed E-state index contributed by atoms with van der Waals surface area (Å²) in [7, 11) is -1.51. The summed E-state index contributed by atoms with van der Waals surface area (Å²) in [5.41, 5.74) is 0. The largest absolute Gasteiger partial charge is 0.393 e. The van der Waals surface area contributed by atoms with Crippen LogP contribution in [0.4, 0.5) is 0 Å². The summed E-state index contributed by atoms with van der Waals surface area (Å²) in [6.07, 6.45) is 0.352. The van der Waals surface area contributed by atoms with Crippen LogP contribution in [0.2, 0.25) is 0 Å². The van der Waals surface area contributed by atoms with Gasteiger partial charge in [-0.1, -0.05) is 18.2 Å². The third-order valence-electron chi connectivity index (χ3n) is 2.77. The van der Waals surface area contributed by atoms with E-state index < -0.39 is 10.0 Å². The van der Waals surface area contributed by atoms with Crippen molar-refractivity contribution in [1.82, 2.24) is 9.62 Å². The van der Waals surface area contributed by atoms with Crippen LogP contribution in [-0.4, -0.2) is 51.2 Å². The lowest BCUT2D eigenvalue weighted by Gasteiger charge is -2.17. The molecule has 0 bridgehead atoms. The van der Waals surface area contributed by atoms with Crippen LogP contribution in [0, 0.1) is 0 Å². The Morgan fingerprint density at radius 3 is 2.47 bits per heavy atom. The molecule has 0 saturated carbocycles. The molecule has 0 aromatic heterocycles. The van der Waals surface area contributed by atoms with Crippen LogP contribution in [0.3, 0.4) is 0 Å². The van der Waals surface area contributed by atoms with Crippen molar-refractivity contribution < 1.29 is 13.5 Å². The Morgan fingerprint density at radius 1 is 1.26 bits per heavy atom. The van der Waals surface area contributed by atoms with E-state index in [4.69, 9.17) is 5.11 Å². The summed E-state index contributed by atoms with van der Waals surface area (Å²) in [5.74, 6) is 0. The van der Waals surface area contributed by atoms with Crippen molar-refractivity contribution in [2.24, 2.45) is 0 Å². The van der Waals surface area contributed by atoms with Crippen molar-refractivity contribution in [3.8, 4) is 0 Å². The topological polar surface area (TPSA) is 69.6 Å². The molecular formula is C13H22N2O3S. The number of aliphatic hydroxyl groups is 1. The van der Waals surface area contributed by atoms with Gasteiger partial charge in [-0.25, -0.2) is 13.1 Å². The van der Waals surface area contributed by atoms with Gasteiger partial charge in [0.15, 0.2) is 0 Å². The Morgan fingerprint density at radius 2 is 1.89 bits per heavy atom. The predicted molar refractivity (Wildman–Crippen MR) is 75.4 cm³/mol. The highest BCUT2D eigenvalue weighted by atomic mass is 32.2. The maximum atomic E-state index is 11.9. The van der Waals surface area contributed by atoms with Crippen molar-refractivity contribution in [3.05, 3.63) is 30.3 Å². The van der Waals surface area contributed by atoms with Crippen LogP contribution < -0.4 is 4.72 Å². The fourth-order valence-electron chi connectivity index (χ4n) is 1.57. The molecule has 0 aliphatic carbocycles. The minimum Gasteiger partial charge on any atom is -0.393 e. The number of aliphatic hydroxyl groups excluding tert-OH is 1.